The molecule has 6 heteroatoms. The molecule has 374 valence electrons. The van der Waals surface area contributed by atoms with Gasteiger partial charge in [0.15, 0.2) is 6.10 Å². The molecule has 0 aliphatic heterocycles. The van der Waals surface area contributed by atoms with Crippen LogP contribution in [-0.2, 0) is 28.6 Å². The van der Waals surface area contributed by atoms with Crippen LogP contribution >= 0.6 is 0 Å². The van der Waals surface area contributed by atoms with Crippen LogP contribution in [0.15, 0.2) is 109 Å². The van der Waals surface area contributed by atoms with Crippen molar-refractivity contribution in [2.75, 3.05) is 13.2 Å². The first-order valence-corrected chi connectivity index (χ1v) is 26.9. The zero-order valence-electron chi connectivity index (χ0n) is 42.7. The second kappa shape index (κ2) is 53.7. The molecule has 0 aliphatic carbocycles. The fraction of sp³-hybridized carbons (Fsp3) is 0.650. The Labute approximate surface area is 406 Å². The highest BCUT2D eigenvalue weighted by atomic mass is 16.6. The van der Waals surface area contributed by atoms with E-state index in [0.717, 1.165) is 135 Å². The molecule has 0 aromatic rings. The van der Waals surface area contributed by atoms with Crippen molar-refractivity contribution in [3.8, 4) is 0 Å². The summed E-state index contributed by atoms with van der Waals surface area (Å²) < 4.78 is 16.8. The molecular weight excluding hydrogens is 817 g/mol. The minimum atomic E-state index is -0.802. The molecule has 0 bridgehead atoms. The largest absolute Gasteiger partial charge is 0.462 e. The quantitative estimate of drug-likeness (QED) is 0.0262. The lowest BCUT2D eigenvalue weighted by Gasteiger charge is -2.18. The van der Waals surface area contributed by atoms with Crippen LogP contribution in [0.5, 0.6) is 0 Å². The van der Waals surface area contributed by atoms with Crippen molar-refractivity contribution in [1.29, 1.82) is 0 Å². The zero-order valence-corrected chi connectivity index (χ0v) is 42.7. The van der Waals surface area contributed by atoms with Gasteiger partial charge >= 0.3 is 17.9 Å². The lowest BCUT2D eigenvalue weighted by atomic mass is 10.1. The van der Waals surface area contributed by atoms with Crippen molar-refractivity contribution in [1.82, 2.24) is 0 Å². The Balaban J connectivity index is 4.47. The van der Waals surface area contributed by atoms with E-state index in [1.54, 1.807) is 0 Å². The van der Waals surface area contributed by atoms with Crippen LogP contribution in [0, 0.1) is 0 Å². The molecule has 0 aromatic carbocycles. The maximum Gasteiger partial charge on any atom is 0.306 e. The molecule has 0 N–H and O–H groups in total. The van der Waals surface area contributed by atoms with Gasteiger partial charge in [-0.1, -0.05) is 201 Å². The van der Waals surface area contributed by atoms with E-state index in [-0.39, 0.29) is 31.1 Å². The smallest absolute Gasteiger partial charge is 0.306 e. The second-order valence-corrected chi connectivity index (χ2v) is 17.4. The molecule has 0 amide bonds. The Bertz CT molecular complexity index is 1370. The van der Waals surface area contributed by atoms with Crippen LogP contribution in [0.2, 0.25) is 0 Å². The number of esters is 3. The van der Waals surface area contributed by atoms with E-state index in [4.69, 9.17) is 14.2 Å². The summed E-state index contributed by atoms with van der Waals surface area (Å²) in [5, 5.41) is 0. The third-order valence-corrected chi connectivity index (χ3v) is 11.0. The number of carbonyl (C=O) groups is 3. The van der Waals surface area contributed by atoms with Gasteiger partial charge in [-0.2, -0.15) is 0 Å². The highest BCUT2D eigenvalue weighted by Gasteiger charge is 2.19. The molecule has 0 saturated heterocycles. The van der Waals surface area contributed by atoms with Gasteiger partial charge in [0.1, 0.15) is 13.2 Å². The first kappa shape index (κ1) is 62.1. The summed E-state index contributed by atoms with van der Waals surface area (Å²) in [7, 11) is 0. The molecule has 0 rings (SSSR count). The number of ether oxygens (including phenoxy) is 3. The lowest BCUT2D eigenvalue weighted by Crippen LogP contribution is -2.30. The summed E-state index contributed by atoms with van der Waals surface area (Å²) >= 11 is 0. The molecular formula is C60H98O6. The number of allylic oxidation sites excluding steroid dienone is 18. The highest BCUT2D eigenvalue weighted by molar-refractivity contribution is 5.71. The summed E-state index contributed by atoms with van der Waals surface area (Å²) in [4.78, 5) is 38.0. The van der Waals surface area contributed by atoms with E-state index >= 15 is 0 Å². The number of carbonyl (C=O) groups excluding carboxylic acids is 3. The normalized spacial score (nSPS) is 13.0. The van der Waals surface area contributed by atoms with Crippen molar-refractivity contribution in [2.24, 2.45) is 0 Å². The molecule has 1 atom stereocenters. The van der Waals surface area contributed by atoms with Crippen LogP contribution in [0.1, 0.15) is 233 Å². The van der Waals surface area contributed by atoms with Gasteiger partial charge in [-0.15, -0.1) is 0 Å². The summed E-state index contributed by atoms with van der Waals surface area (Å²) in [5.74, 6) is -0.954. The van der Waals surface area contributed by atoms with Crippen molar-refractivity contribution in [3.05, 3.63) is 109 Å². The van der Waals surface area contributed by atoms with Crippen LogP contribution in [-0.4, -0.2) is 37.2 Å². The Morgan fingerprint density at radius 2 is 0.591 bits per heavy atom. The van der Waals surface area contributed by atoms with E-state index in [1.165, 1.54) is 57.8 Å². The fourth-order valence-electron chi connectivity index (χ4n) is 7.01. The molecule has 0 fully saturated rings. The lowest BCUT2D eigenvalue weighted by molar-refractivity contribution is -0.167. The molecule has 0 saturated carbocycles. The van der Waals surface area contributed by atoms with Gasteiger partial charge in [0.2, 0.25) is 0 Å². The van der Waals surface area contributed by atoms with Crippen molar-refractivity contribution in [2.45, 2.75) is 239 Å². The first-order valence-electron chi connectivity index (χ1n) is 26.9. The monoisotopic (exact) mass is 915 g/mol. The van der Waals surface area contributed by atoms with Crippen LogP contribution in [0.3, 0.4) is 0 Å². The Kier molecular flexibility index (Phi) is 50.5. The van der Waals surface area contributed by atoms with Gasteiger partial charge in [-0.25, -0.2) is 0 Å². The predicted molar refractivity (Wildman–Crippen MR) is 283 cm³/mol. The van der Waals surface area contributed by atoms with E-state index in [2.05, 4.69) is 130 Å². The van der Waals surface area contributed by atoms with Gasteiger partial charge in [-0.05, 0) is 122 Å². The van der Waals surface area contributed by atoms with Crippen molar-refractivity contribution < 1.29 is 28.6 Å². The molecule has 6 nitrogen and oxygen atoms in total. The maximum absolute atomic E-state index is 12.8. The van der Waals surface area contributed by atoms with E-state index in [9.17, 15) is 14.4 Å². The Morgan fingerprint density at radius 1 is 0.318 bits per heavy atom. The minimum absolute atomic E-state index is 0.0990. The predicted octanol–water partition coefficient (Wildman–Crippen LogP) is 17.9. The van der Waals surface area contributed by atoms with Gasteiger partial charge in [0, 0.05) is 19.3 Å². The van der Waals surface area contributed by atoms with Crippen LogP contribution < -0.4 is 0 Å². The average molecular weight is 915 g/mol. The van der Waals surface area contributed by atoms with Crippen molar-refractivity contribution in [3.63, 3.8) is 0 Å². The number of rotatable bonds is 47. The van der Waals surface area contributed by atoms with Crippen LogP contribution in [0.4, 0.5) is 0 Å². The maximum atomic E-state index is 12.8. The third kappa shape index (κ3) is 51.1. The minimum Gasteiger partial charge on any atom is -0.462 e. The van der Waals surface area contributed by atoms with E-state index in [0.29, 0.717) is 19.3 Å². The first-order chi connectivity index (χ1) is 32.5. The molecule has 0 radical (unpaired) electrons. The number of hydrogen-bond donors (Lipinski definition) is 0. The molecule has 0 spiro atoms. The topological polar surface area (TPSA) is 78.9 Å². The zero-order chi connectivity index (χ0) is 47.9. The SMILES string of the molecule is CC/C=C\C/C=C\C/C=C\C/C=C\C/C=C\CCCCCC(=O)OCC(COC(=O)CCCCCCC/C=C\CCCCC)OC(=O)CCCCCCCCC/C=C\C/C=C\C/C=C\CC. The number of unbranched alkanes of at least 4 members (excludes halogenated alkanes) is 18. The molecule has 0 aromatic heterocycles. The Hall–Kier alpha value is -3.93. The molecule has 0 aliphatic rings. The van der Waals surface area contributed by atoms with Gasteiger partial charge in [-0.3, -0.25) is 14.4 Å². The van der Waals surface area contributed by atoms with Crippen molar-refractivity contribution >= 4 is 17.9 Å². The van der Waals surface area contributed by atoms with E-state index < -0.39 is 6.10 Å². The molecule has 0 heterocycles. The summed E-state index contributed by atoms with van der Waals surface area (Å²) in [6.07, 6.45) is 72.1. The fourth-order valence-corrected chi connectivity index (χ4v) is 7.01. The number of hydrogen-bond acceptors (Lipinski definition) is 6. The Morgan fingerprint density at radius 3 is 0.955 bits per heavy atom. The average Bonchev–Trinajstić information content (AvgIpc) is 3.31. The van der Waals surface area contributed by atoms with Gasteiger partial charge < -0.3 is 14.2 Å². The summed E-state index contributed by atoms with van der Waals surface area (Å²) in [6.45, 7) is 6.34. The molecule has 66 heavy (non-hydrogen) atoms. The van der Waals surface area contributed by atoms with Gasteiger partial charge in [0.25, 0.3) is 0 Å². The van der Waals surface area contributed by atoms with E-state index in [1.807, 2.05) is 0 Å². The van der Waals surface area contributed by atoms with Gasteiger partial charge in [0.05, 0.1) is 0 Å². The second-order valence-electron chi connectivity index (χ2n) is 17.4. The third-order valence-electron chi connectivity index (χ3n) is 11.0. The molecule has 1 unspecified atom stereocenters. The summed E-state index contributed by atoms with van der Waals surface area (Å²) in [6, 6.07) is 0. The summed E-state index contributed by atoms with van der Waals surface area (Å²) in [5.41, 5.74) is 0. The van der Waals surface area contributed by atoms with Crippen LogP contribution in [0.25, 0.3) is 0 Å². The highest BCUT2D eigenvalue weighted by Crippen LogP contribution is 2.13. The standard InChI is InChI=1S/C60H98O6/c1-4-7-10-13-16-19-22-25-27-29-30-32-33-35-38-41-44-47-50-53-59(62)65-56-57(55-64-58(61)52-49-46-43-40-37-24-21-18-15-12-9-6-3)66-60(63)54-51-48-45-42-39-36-34-31-28-26-23-20-17-14-11-8-5-2/h7-8,10-11,16-21,25-28,30,32,35,38,57H,4-6,9,12-15,22-24,29,31,33-34,36-37,39-56H2,1-3H3/b10-7-,11-8-,19-16-,20-17-,21-18-,27-25-,28-26-,32-30-,38-35-.